The van der Waals surface area contributed by atoms with E-state index in [0.29, 0.717) is 10.8 Å². The second kappa shape index (κ2) is 5.98. The first-order valence-corrected chi connectivity index (χ1v) is 7.74. The number of hydrogen-bond donors (Lipinski definition) is 0. The Bertz CT molecular complexity index is 246. The molecule has 1 atom stereocenters. The van der Waals surface area contributed by atoms with Gasteiger partial charge in [0.15, 0.2) is 0 Å². The van der Waals surface area contributed by atoms with Gasteiger partial charge in [-0.3, -0.25) is 4.67 Å². The van der Waals surface area contributed by atoms with Crippen LogP contribution in [-0.2, 0) is 0 Å². The van der Waals surface area contributed by atoms with Crippen molar-refractivity contribution < 1.29 is 0 Å². The quantitative estimate of drug-likeness (QED) is 0.519. The Labute approximate surface area is 102 Å². The van der Waals surface area contributed by atoms with Crippen LogP contribution in [0, 0.1) is 0 Å². The summed E-state index contributed by atoms with van der Waals surface area (Å²) in [6.07, 6.45) is 10.6. The standard InChI is InChI=1S/C14H26NP/c1-6-15(7-2)16(14(3,4)5)13-11-9-8-10-12-13/h9-13H,6-8H2,1-5H3. The SMILES string of the molecule is CCN(CC)P(C1C=CCC=C1)C(C)(C)C. The van der Waals surface area contributed by atoms with Gasteiger partial charge in [0, 0.05) is 5.66 Å². The Morgan fingerprint density at radius 1 is 1.12 bits per heavy atom. The molecule has 0 bridgehead atoms. The van der Waals surface area contributed by atoms with Crippen LogP contribution < -0.4 is 0 Å². The largest absolute Gasteiger partial charge is 0.281 e. The van der Waals surface area contributed by atoms with E-state index >= 15 is 0 Å². The molecule has 0 radical (unpaired) electrons. The molecule has 1 unspecified atom stereocenters. The summed E-state index contributed by atoms with van der Waals surface area (Å²) in [6.45, 7) is 14.0. The van der Waals surface area contributed by atoms with E-state index < -0.39 is 0 Å². The number of allylic oxidation sites excluding steroid dienone is 4. The molecule has 1 nitrogen and oxygen atoms in total. The highest BCUT2D eigenvalue weighted by Crippen LogP contribution is 2.57. The molecule has 0 saturated carbocycles. The molecule has 1 aliphatic rings. The van der Waals surface area contributed by atoms with Crippen LogP contribution in [0.4, 0.5) is 0 Å². The van der Waals surface area contributed by atoms with Gasteiger partial charge in [-0.1, -0.05) is 58.9 Å². The van der Waals surface area contributed by atoms with Gasteiger partial charge in [-0.25, -0.2) is 0 Å². The van der Waals surface area contributed by atoms with Crippen LogP contribution >= 0.6 is 8.07 Å². The molecule has 0 saturated heterocycles. The average Bonchev–Trinajstić information content (AvgIpc) is 2.25. The summed E-state index contributed by atoms with van der Waals surface area (Å²) >= 11 is 0. The minimum absolute atomic E-state index is 0.124. The van der Waals surface area contributed by atoms with Crippen molar-refractivity contribution in [3.8, 4) is 0 Å². The summed E-state index contributed by atoms with van der Waals surface area (Å²) in [5.41, 5.74) is 0.642. The zero-order chi connectivity index (χ0) is 12.2. The topological polar surface area (TPSA) is 3.24 Å². The van der Waals surface area contributed by atoms with E-state index in [-0.39, 0.29) is 8.07 Å². The molecular formula is C14H26NP. The van der Waals surface area contributed by atoms with Gasteiger partial charge in [0.25, 0.3) is 0 Å². The maximum atomic E-state index is 2.65. The lowest BCUT2D eigenvalue weighted by molar-refractivity contribution is 0.487. The highest BCUT2D eigenvalue weighted by Gasteiger charge is 2.33. The summed E-state index contributed by atoms with van der Waals surface area (Å²) in [4.78, 5) is 0. The fourth-order valence-corrected chi connectivity index (χ4v) is 5.63. The predicted molar refractivity (Wildman–Crippen MR) is 76.3 cm³/mol. The molecule has 0 fully saturated rings. The summed E-state index contributed by atoms with van der Waals surface area (Å²) in [5.74, 6) is 0. The summed E-state index contributed by atoms with van der Waals surface area (Å²) < 4.78 is 2.65. The van der Waals surface area contributed by atoms with Crippen LogP contribution in [0.2, 0.25) is 0 Å². The molecule has 0 heterocycles. The first-order chi connectivity index (χ1) is 7.50. The Balaban J connectivity index is 2.90. The molecule has 0 N–H and O–H groups in total. The van der Waals surface area contributed by atoms with E-state index in [1.807, 2.05) is 0 Å². The molecule has 0 aromatic heterocycles. The number of hydrogen-bond acceptors (Lipinski definition) is 1. The van der Waals surface area contributed by atoms with Crippen LogP contribution in [-0.4, -0.2) is 28.6 Å². The molecule has 1 aliphatic carbocycles. The lowest BCUT2D eigenvalue weighted by Crippen LogP contribution is -2.31. The van der Waals surface area contributed by atoms with Crippen molar-refractivity contribution in [2.45, 2.75) is 51.9 Å². The molecule has 16 heavy (non-hydrogen) atoms. The van der Waals surface area contributed by atoms with Crippen molar-refractivity contribution in [1.82, 2.24) is 4.67 Å². The lowest BCUT2D eigenvalue weighted by Gasteiger charge is -2.43. The Kier molecular flexibility index (Phi) is 5.21. The van der Waals surface area contributed by atoms with Gasteiger partial charge in [-0.15, -0.1) is 0 Å². The predicted octanol–water partition coefficient (Wildman–Crippen LogP) is 4.41. The van der Waals surface area contributed by atoms with E-state index in [0.717, 1.165) is 19.5 Å². The van der Waals surface area contributed by atoms with E-state index in [1.54, 1.807) is 0 Å². The monoisotopic (exact) mass is 239 g/mol. The van der Waals surface area contributed by atoms with E-state index in [1.165, 1.54) is 0 Å². The summed E-state index contributed by atoms with van der Waals surface area (Å²) in [5, 5.41) is 0.387. The Morgan fingerprint density at radius 3 is 2.00 bits per heavy atom. The normalized spacial score (nSPS) is 19.4. The highest BCUT2D eigenvalue weighted by molar-refractivity contribution is 7.58. The van der Waals surface area contributed by atoms with Gasteiger partial charge in [0.1, 0.15) is 0 Å². The maximum absolute atomic E-state index is 2.65. The van der Waals surface area contributed by atoms with Crippen LogP contribution in [0.3, 0.4) is 0 Å². The van der Waals surface area contributed by atoms with Gasteiger partial charge in [0.2, 0.25) is 0 Å². The van der Waals surface area contributed by atoms with Crippen LogP contribution in [0.25, 0.3) is 0 Å². The van der Waals surface area contributed by atoms with Gasteiger partial charge in [-0.05, 0) is 32.7 Å². The Hall–Kier alpha value is -0.130. The lowest BCUT2D eigenvalue weighted by atomic mass is 10.2. The minimum atomic E-state index is -0.124. The zero-order valence-corrected chi connectivity index (χ0v) is 12.3. The minimum Gasteiger partial charge on any atom is -0.281 e. The van der Waals surface area contributed by atoms with Crippen LogP contribution in [0.15, 0.2) is 24.3 Å². The second-order valence-corrected chi connectivity index (χ2v) is 8.43. The van der Waals surface area contributed by atoms with Crippen molar-refractivity contribution in [1.29, 1.82) is 0 Å². The fraction of sp³-hybridized carbons (Fsp3) is 0.714. The van der Waals surface area contributed by atoms with Gasteiger partial charge in [0.05, 0.1) is 0 Å². The molecule has 0 aromatic carbocycles. The second-order valence-electron chi connectivity index (χ2n) is 5.24. The summed E-state index contributed by atoms with van der Waals surface area (Å²) in [6, 6.07) is 0. The molecule has 1 rings (SSSR count). The maximum Gasteiger partial charge on any atom is 0.0288 e. The van der Waals surface area contributed by atoms with Crippen molar-refractivity contribution >= 4 is 8.07 Å². The van der Waals surface area contributed by atoms with Crippen molar-refractivity contribution in [2.75, 3.05) is 13.1 Å². The third-order valence-electron chi connectivity index (χ3n) is 2.94. The third-order valence-corrected chi connectivity index (χ3v) is 6.40. The Morgan fingerprint density at radius 2 is 1.62 bits per heavy atom. The molecule has 92 valence electrons. The summed E-state index contributed by atoms with van der Waals surface area (Å²) in [7, 11) is -0.124. The highest BCUT2D eigenvalue weighted by atomic mass is 31.1. The fourth-order valence-electron chi connectivity index (χ4n) is 2.33. The van der Waals surface area contributed by atoms with Crippen molar-refractivity contribution in [3.63, 3.8) is 0 Å². The zero-order valence-electron chi connectivity index (χ0n) is 11.4. The average molecular weight is 239 g/mol. The smallest absolute Gasteiger partial charge is 0.0288 e. The van der Waals surface area contributed by atoms with Crippen molar-refractivity contribution in [3.05, 3.63) is 24.3 Å². The van der Waals surface area contributed by atoms with Crippen molar-refractivity contribution in [2.24, 2.45) is 0 Å². The van der Waals surface area contributed by atoms with Gasteiger partial charge >= 0.3 is 0 Å². The van der Waals surface area contributed by atoms with E-state index in [4.69, 9.17) is 0 Å². The molecule has 0 aliphatic heterocycles. The van der Waals surface area contributed by atoms with Crippen LogP contribution in [0.1, 0.15) is 41.0 Å². The third kappa shape index (κ3) is 3.43. The van der Waals surface area contributed by atoms with Gasteiger partial charge < -0.3 is 0 Å². The molecule has 2 heteroatoms. The van der Waals surface area contributed by atoms with Crippen LogP contribution in [0.5, 0.6) is 0 Å². The molecule has 0 aromatic rings. The van der Waals surface area contributed by atoms with E-state index in [9.17, 15) is 0 Å². The first-order valence-electron chi connectivity index (χ1n) is 6.38. The molecule has 0 spiro atoms. The molecule has 0 amide bonds. The van der Waals surface area contributed by atoms with E-state index in [2.05, 4.69) is 63.6 Å². The number of rotatable bonds is 4. The first kappa shape index (κ1) is 13.9. The molecular weight excluding hydrogens is 213 g/mol. The van der Waals surface area contributed by atoms with Gasteiger partial charge in [-0.2, -0.15) is 0 Å². The number of nitrogens with zero attached hydrogens (tertiary/aromatic N) is 1.